The van der Waals surface area contributed by atoms with Crippen LogP contribution in [-0.2, 0) is 4.74 Å². The smallest absolute Gasteiger partial charge is 0.0547 e. The lowest BCUT2D eigenvalue weighted by Crippen LogP contribution is -2.29. The van der Waals surface area contributed by atoms with Gasteiger partial charge in [0.05, 0.1) is 6.10 Å². The second-order valence-electron chi connectivity index (χ2n) is 5.91. The van der Waals surface area contributed by atoms with E-state index in [1.807, 2.05) is 0 Å². The van der Waals surface area contributed by atoms with Gasteiger partial charge in [0.25, 0.3) is 0 Å². The monoisotopic (exact) mass is 255 g/mol. The summed E-state index contributed by atoms with van der Waals surface area (Å²) in [6.07, 6.45) is 12.5. The molecule has 0 bridgehead atoms. The van der Waals surface area contributed by atoms with Crippen molar-refractivity contribution in [2.75, 3.05) is 13.7 Å². The fourth-order valence-corrected chi connectivity index (χ4v) is 3.12. The summed E-state index contributed by atoms with van der Waals surface area (Å²) in [7, 11) is 2.10. The average Bonchev–Trinajstić information content (AvgIpc) is 2.82. The Morgan fingerprint density at radius 2 is 2.06 bits per heavy atom. The third-order valence-electron chi connectivity index (χ3n) is 4.39. The molecular weight excluding hydrogens is 222 g/mol. The highest BCUT2D eigenvalue weighted by Gasteiger charge is 2.25. The van der Waals surface area contributed by atoms with Crippen molar-refractivity contribution >= 4 is 0 Å². The van der Waals surface area contributed by atoms with Crippen LogP contribution >= 0.6 is 0 Å². The van der Waals surface area contributed by atoms with E-state index in [1.54, 1.807) is 0 Å². The molecule has 1 aliphatic carbocycles. The van der Waals surface area contributed by atoms with E-state index >= 15 is 0 Å². The largest absolute Gasteiger partial charge is 0.378 e. The van der Waals surface area contributed by atoms with Crippen LogP contribution in [0.1, 0.15) is 71.6 Å². The minimum Gasteiger partial charge on any atom is -0.378 e. The van der Waals surface area contributed by atoms with Gasteiger partial charge in [0.1, 0.15) is 0 Å². The van der Waals surface area contributed by atoms with Gasteiger partial charge in [-0.15, -0.1) is 0 Å². The van der Waals surface area contributed by atoms with E-state index in [2.05, 4.69) is 26.2 Å². The maximum Gasteiger partial charge on any atom is 0.0547 e. The molecule has 0 aromatic carbocycles. The van der Waals surface area contributed by atoms with Crippen LogP contribution in [0.5, 0.6) is 0 Å². The van der Waals surface area contributed by atoms with Gasteiger partial charge in [-0.25, -0.2) is 0 Å². The summed E-state index contributed by atoms with van der Waals surface area (Å²) in [6, 6.07) is 0.744. The maximum atomic E-state index is 5.95. The van der Waals surface area contributed by atoms with Crippen molar-refractivity contribution < 1.29 is 4.74 Å². The molecule has 108 valence electrons. The Morgan fingerprint density at radius 1 is 1.22 bits per heavy atom. The summed E-state index contributed by atoms with van der Waals surface area (Å²) in [5.41, 5.74) is 0. The first-order valence-corrected chi connectivity index (χ1v) is 8.06. The molecule has 2 heteroatoms. The molecule has 3 atom stereocenters. The molecule has 0 aliphatic heterocycles. The summed E-state index contributed by atoms with van der Waals surface area (Å²) in [4.78, 5) is 0. The zero-order valence-electron chi connectivity index (χ0n) is 12.7. The molecule has 0 heterocycles. The highest BCUT2D eigenvalue weighted by Crippen LogP contribution is 2.28. The number of nitrogens with one attached hydrogen (secondary N) is 1. The van der Waals surface area contributed by atoms with Crippen molar-refractivity contribution in [2.24, 2.45) is 5.92 Å². The van der Waals surface area contributed by atoms with Crippen LogP contribution in [0.2, 0.25) is 0 Å². The summed E-state index contributed by atoms with van der Waals surface area (Å²) >= 11 is 0. The molecule has 18 heavy (non-hydrogen) atoms. The van der Waals surface area contributed by atoms with Crippen LogP contribution in [0.25, 0.3) is 0 Å². The summed E-state index contributed by atoms with van der Waals surface area (Å²) in [5.74, 6) is 0.849. The summed E-state index contributed by atoms with van der Waals surface area (Å²) < 4.78 is 5.95. The lowest BCUT2D eigenvalue weighted by molar-refractivity contribution is 0.0481. The number of unbranched alkanes of at least 4 members (excludes halogenated alkanes) is 3. The van der Waals surface area contributed by atoms with Crippen molar-refractivity contribution in [2.45, 2.75) is 83.8 Å². The highest BCUT2D eigenvalue weighted by atomic mass is 16.5. The average molecular weight is 255 g/mol. The fourth-order valence-electron chi connectivity index (χ4n) is 3.12. The van der Waals surface area contributed by atoms with Crippen LogP contribution in [0.15, 0.2) is 0 Å². The molecule has 1 aliphatic rings. The van der Waals surface area contributed by atoms with E-state index in [0.29, 0.717) is 6.10 Å². The third kappa shape index (κ3) is 6.19. The van der Waals surface area contributed by atoms with E-state index in [0.717, 1.165) is 18.6 Å². The summed E-state index contributed by atoms with van der Waals surface area (Å²) in [6.45, 7) is 5.45. The Bertz CT molecular complexity index is 196. The van der Waals surface area contributed by atoms with Gasteiger partial charge < -0.3 is 10.1 Å². The molecule has 0 spiro atoms. The van der Waals surface area contributed by atoms with Gasteiger partial charge in [-0.1, -0.05) is 39.0 Å². The van der Waals surface area contributed by atoms with Crippen LogP contribution in [-0.4, -0.2) is 25.8 Å². The SMILES string of the molecule is CCCCCCC(C)OCCC1CCCC1NC. The van der Waals surface area contributed by atoms with Gasteiger partial charge in [-0.05, 0) is 45.6 Å². The van der Waals surface area contributed by atoms with Gasteiger partial charge in [-0.3, -0.25) is 0 Å². The van der Waals surface area contributed by atoms with E-state index in [4.69, 9.17) is 4.74 Å². The van der Waals surface area contributed by atoms with Gasteiger partial charge in [-0.2, -0.15) is 0 Å². The number of hydrogen-bond donors (Lipinski definition) is 1. The Balaban J connectivity index is 1.99. The van der Waals surface area contributed by atoms with Crippen LogP contribution in [0.4, 0.5) is 0 Å². The summed E-state index contributed by atoms with van der Waals surface area (Å²) in [5, 5.41) is 3.44. The van der Waals surface area contributed by atoms with Crippen molar-refractivity contribution in [3.05, 3.63) is 0 Å². The Morgan fingerprint density at radius 3 is 2.78 bits per heavy atom. The molecule has 0 saturated heterocycles. The van der Waals surface area contributed by atoms with Crippen molar-refractivity contribution in [3.63, 3.8) is 0 Å². The second kappa shape index (κ2) is 9.80. The van der Waals surface area contributed by atoms with E-state index in [1.165, 1.54) is 57.8 Å². The molecule has 2 nitrogen and oxygen atoms in total. The second-order valence-corrected chi connectivity index (χ2v) is 5.91. The molecule has 0 radical (unpaired) electrons. The Kier molecular flexibility index (Phi) is 8.70. The minimum atomic E-state index is 0.455. The van der Waals surface area contributed by atoms with Crippen LogP contribution in [0, 0.1) is 5.92 Å². The minimum absolute atomic E-state index is 0.455. The Labute approximate surface area is 114 Å². The van der Waals surface area contributed by atoms with Gasteiger partial charge in [0, 0.05) is 12.6 Å². The predicted molar refractivity (Wildman–Crippen MR) is 79.0 cm³/mol. The van der Waals surface area contributed by atoms with Crippen LogP contribution < -0.4 is 5.32 Å². The van der Waals surface area contributed by atoms with E-state index < -0.39 is 0 Å². The molecule has 1 N–H and O–H groups in total. The number of rotatable bonds is 10. The lowest BCUT2D eigenvalue weighted by atomic mass is 10.0. The first-order valence-electron chi connectivity index (χ1n) is 8.06. The van der Waals surface area contributed by atoms with E-state index in [-0.39, 0.29) is 0 Å². The molecular formula is C16H33NO. The highest BCUT2D eigenvalue weighted by molar-refractivity contribution is 4.81. The van der Waals surface area contributed by atoms with E-state index in [9.17, 15) is 0 Å². The molecule has 3 unspecified atom stereocenters. The molecule has 1 fully saturated rings. The van der Waals surface area contributed by atoms with Gasteiger partial charge in [0.15, 0.2) is 0 Å². The first kappa shape index (κ1) is 16.0. The van der Waals surface area contributed by atoms with Gasteiger partial charge in [0.2, 0.25) is 0 Å². The van der Waals surface area contributed by atoms with Crippen molar-refractivity contribution in [1.82, 2.24) is 5.32 Å². The normalized spacial score (nSPS) is 25.5. The molecule has 0 amide bonds. The number of hydrogen-bond acceptors (Lipinski definition) is 2. The third-order valence-corrected chi connectivity index (χ3v) is 4.39. The topological polar surface area (TPSA) is 21.3 Å². The van der Waals surface area contributed by atoms with Gasteiger partial charge >= 0.3 is 0 Å². The lowest BCUT2D eigenvalue weighted by Gasteiger charge is -2.20. The zero-order valence-corrected chi connectivity index (χ0v) is 12.7. The Hall–Kier alpha value is -0.0800. The maximum absolute atomic E-state index is 5.95. The van der Waals surface area contributed by atoms with Crippen molar-refractivity contribution in [3.8, 4) is 0 Å². The van der Waals surface area contributed by atoms with Crippen LogP contribution in [0.3, 0.4) is 0 Å². The number of ether oxygens (including phenoxy) is 1. The fraction of sp³-hybridized carbons (Fsp3) is 1.00. The molecule has 1 rings (SSSR count). The predicted octanol–water partition coefficient (Wildman–Crippen LogP) is 4.14. The first-order chi connectivity index (χ1) is 8.77. The van der Waals surface area contributed by atoms with Crippen molar-refractivity contribution in [1.29, 1.82) is 0 Å². The molecule has 0 aromatic heterocycles. The standard InChI is InChI=1S/C16H33NO/c1-4-5-6-7-9-14(2)18-13-12-15-10-8-11-16(15)17-3/h14-17H,4-13H2,1-3H3. The molecule has 1 saturated carbocycles. The molecule has 0 aromatic rings. The quantitative estimate of drug-likeness (QED) is 0.592. The zero-order chi connectivity index (χ0) is 13.2.